The molecule has 7 nitrogen and oxygen atoms in total. The van der Waals surface area contributed by atoms with Gasteiger partial charge in [0.2, 0.25) is 5.91 Å². The zero-order chi connectivity index (χ0) is 22.4. The molecule has 164 valence electrons. The summed E-state index contributed by atoms with van der Waals surface area (Å²) in [6.45, 7) is 6.67. The minimum atomic E-state index is -0.510. The first-order valence-electron chi connectivity index (χ1n) is 10.5. The highest BCUT2D eigenvalue weighted by Crippen LogP contribution is 2.20. The van der Waals surface area contributed by atoms with Gasteiger partial charge in [-0.05, 0) is 49.2 Å². The van der Waals surface area contributed by atoms with Crippen molar-refractivity contribution in [3.05, 3.63) is 59.7 Å². The Labute approximate surface area is 182 Å². The minimum Gasteiger partial charge on any atom is -0.376 e. The topological polar surface area (TPSA) is 96.5 Å². The number of amides is 3. The lowest BCUT2D eigenvalue weighted by Crippen LogP contribution is -2.32. The third-order valence-corrected chi connectivity index (χ3v) is 5.02. The fourth-order valence-corrected chi connectivity index (χ4v) is 3.12. The van der Waals surface area contributed by atoms with Gasteiger partial charge in [-0.3, -0.25) is 14.4 Å². The molecule has 2 aromatic carbocycles. The van der Waals surface area contributed by atoms with Gasteiger partial charge in [0, 0.05) is 29.8 Å². The summed E-state index contributed by atoms with van der Waals surface area (Å²) in [5.74, 6) is -0.702. The summed E-state index contributed by atoms with van der Waals surface area (Å²) in [6.07, 6.45) is 1.99. The second kappa shape index (κ2) is 9.75. The van der Waals surface area contributed by atoms with E-state index in [0.29, 0.717) is 29.0 Å². The molecule has 3 amide bonds. The Balaban J connectivity index is 1.63. The van der Waals surface area contributed by atoms with Gasteiger partial charge in [0.15, 0.2) is 0 Å². The highest BCUT2D eigenvalue weighted by atomic mass is 16.5. The summed E-state index contributed by atoms with van der Waals surface area (Å²) < 4.78 is 5.53. The number of nitrogens with one attached hydrogen (secondary N) is 3. The van der Waals surface area contributed by atoms with Crippen LogP contribution in [0.1, 0.15) is 54.3 Å². The predicted octanol–water partition coefficient (Wildman–Crippen LogP) is 3.83. The molecule has 0 spiro atoms. The average molecular weight is 424 g/mol. The number of rotatable bonds is 6. The Bertz CT molecular complexity index is 942. The average Bonchev–Trinajstić information content (AvgIpc) is 3.26. The quantitative estimate of drug-likeness (QED) is 0.658. The van der Waals surface area contributed by atoms with E-state index in [1.807, 2.05) is 20.8 Å². The summed E-state index contributed by atoms with van der Waals surface area (Å²) in [6, 6.07) is 13.5. The fraction of sp³-hybridized carbons (Fsp3) is 0.375. The van der Waals surface area contributed by atoms with Crippen LogP contribution in [-0.2, 0) is 9.53 Å². The van der Waals surface area contributed by atoms with Crippen LogP contribution in [0.2, 0.25) is 0 Å². The first-order chi connectivity index (χ1) is 14.7. The van der Waals surface area contributed by atoms with E-state index < -0.39 is 5.41 Å². The first-order valence-corrected chi connectivity index (χ1v) is 10.5. The second-order valence-corrected chi connectivity index (χ2v) is 8.63. The maximum Gasteiger partial charge on any atom is 0.255 e. The number of anilines is 2. The van der Waals surface area contributed by atoms with Gasteiger partial charge in [0.25, 0.3) is 11.8 Å². The number of hydrogen-bond acceptors (Lipinski definition) is 4. The van der Waals surface area contributed by atoms with E-state index >= 15 is 0 Å². The van der Waals surface area contributed by atoms with Crippen LogP contribution in [0.25, 0.3) is 0 Å². The maximum atomic E-state index is 12.7. The zero-order valence-corrected chi connectivity index (χ0v) is 18.2. The molecule has 3 rings (SSSR count). The van der Waals surface area contributed by atoms with Gasteiger partial charge in [0.05, 0.1) is 17.4 Å². The van der Waals surface area contributed by atoms with Gasteiger partial charge in [-0.15, -0.1) is 0 Å². The van der Waals surface area contributed by atoms with Crippen molar-refractivity contribution in [2.45, 2.75) is 39.7 Å². The third kappa shape index (κ3) is 6.15. The molecule has 1 saturated heterocycles. The molecule has 1 atom stereocenters. The molecular weight excluding hydrogens is 394 g/mol. The van der Waals surface area contributed by atoms with Crippen LogP contribution in [0.4, 0.5) is 11.4 Å². The normalized spacial score (nSPS) is 15.9. The van der Waals surface area contributed by atoms with Gasteiger partial charge in [-0.2, -0.15) is 0 Å². The van der Waals surface area contributed by atoms with Crippen LogP contribution in [0.15, 0.2) is 48.5 Å². The summed E-state index contributed by atoms with van der Waals surface area (Å²) in [4.78, 5) is 37.4. The van der Waals surface area contributed by atoms with Crippen LogP contribution >= 0.6 is 0 Å². The van der Waals surface area contributed by atoms with Crippen LogP contribution in [0.3, 0.4) is 0 Å². The summed E-state index contributed by atoms with van der Waals surface area (Å²) in [7, 11) is 0. The van der Waals surface area contributed by atoms with Crippen molar-refractivity contribution in [3.63, 3.8) is 0 Å². The Morgan fingerprint density at radius 3 is 2.32 bits per heavy atom. The lowest BCUT2D eigenvalue weighted by molar-refractivity contribution is -0.123. The SMILES string of the molecule is CC(C)(C)C(=O)Nc1ccc(C(=O)Nc2ccccc2C(=O)NCC2CCCO2)cc1. The van der Waals surface area contributed by atoms with Gasteiger partial charge in [0.1, 0.15) is 0 Å². The molecular formula is C24H29N3O4. The Morgan fingerprint density at radius 2 is 1.68 bits per heavy atom. The number of hydrogen-bond donors (Lipinski definition) is 3. The number of para-hydroxylation sites is 1. The Kier molecular flexibility index (Phi) is 7.07. The highest BCUT2D eigenvalue weighted by molar-refractivity contribution is 6.09. The highest BCUT2D eigenvalue weighted by Gasteiger charge is 2.21. The van der Waals surface area contributed by atoms with Crippen molar-refractivity contribution in [2.24, 2.45) is 5.41 Å². The molecule has 0 saturated carbocycles. The van der Waals surface area contributed by atoms with Gasteiger partial charge >= 0.3 is 0 Å². The van der Waals surface area contributed by atoms with E-state index in [1.165, 1.54) is 0 Å². The summed E-state index contributed by atoms with van der Waals surface area (Å²) in [5, 5.41) is 8.50. The van der Waals surface area contributed by atoms with Crippen molar-refractivity contribution in [2.75, 3.05) is 23.8 Å². The molecule has 0 aromatic heterocycles. The molecule has 7 heteroatoms. The second-order valence-electron chi connectivity index (χ2n) is 8.63. The van der Waals surface area contributed by atoms with Crippen molar-refractivity contribution >= 4 is 29.1 Å². The summed E-state index contributed by atoms with van der Waals surface area (Å²) in [5.41, 5.74) is 1.35. The minimum absolute atomic E-state index is 0.0444. The number of carbonyl (C=O) groups excluding carboxylic acids is 3. The first kappa shape index (κ1) is 22.5. The van der Waals surface area contributed by atoms with E-state index in [0.717, 1.165) is 19.4 Å². The van der Waals surface area contributed by atoms with Crippen LogP contribution < -0.4 is 16.0 Å². The van der Waals surface area contributed by atoms with Crippen LogP contribution in [-0.4, -0.2) is 37.0 Å². The molecule has 1 unspecified atom stereocenters. The number of carbonyl (C=O) groups is 3. The third-order valence-electron chi connectivity index (χ3n) is 5.02. The Hall–Kier alpha value is -3.19. The number of ether oxygens (including phenoxy) is 1. The summed E-state index contributed by atoms with van der Waals surface area (Å²) >= 11 is 0. The molecule has 31 heavy (non-hydrogen) atoms. The fourth-order valence-electron chi connectivity index (χ4n) is 3.12. The van der Waals surface area contributed by atoms with Crippen molar-refractivity contribution < 1.29 is 19.1 Å². The lowest BCUT2D eigenvalue weighted by Gasteiger charge is -2.17. The largest absolute Gasteiger partial charge is 0.376 e. The maximum absolute atomic E-state index is 12.7. The van der Waals surface area contributed by atoms with E-state index in [-0.39, 0.29) is 23.8 Å². The Morgan fingerprint density at radius 1 is 0.968 bits per heavy atom. The molecule has 1 aliphatic rings. The van der Waals surface area contributed by atoms with Gasteiger partial charge in [-0.1, -0.05) is 32.9 Å². The van der Waals surface area contributed by atoms with Crippen molar-refractivity contribution in [1.29, 1.82) is 0 Å². The van der Waals surface area contributed by atoms with Crippen LogP contribution in [0.5, 0.6) is 0 Å². The van der Waals surface area contributed by atoms with Gasteiger partial charge < -0.3 is 20.7 Å². The van der Waals surface area contributed by atoms with Gasteiger partial charge in [-0.25, -0.2) is 0 Å². The van der Waals surface area contributed by atoms with Crippen LogP contribution in [0, 0.1) is 5.41 Å². The van der Waals surface area contributed by atoms with E-state index in [4.69, 9.17) is 4.74 Å². The molecule has 2 aromatic rings. The predicted molar refractivity (Wildman–Crippen MR) is 120 cm³/mol. The van der Waals surface area contributed by atoms with E-state index in [1.54, 1.807) is 48.5 Å². The van der Waals surface area contributed by atoms with E-state index in [2.05, 4.69) is 16.0 Å². The molecule has 1 fully saturated rings. The molecule has 0 bridgehead atoms. The van der Waals surface area contributed by atoms with Crippen molar-refractivity contribution in [1.82, 2.24) is 5.32 Å². The molecule has 3 N–H and O–H groups in total. The molecule has 0 aliphatic carbocycles. The van der Waals surface area contributed by atoms with E-state index in [9.17, 15) is 14.4 Å². The molecule has 0 radical (unpaired) electrons. The number of benzene rings is 2. The monoisotopic (exact) mass is 423 g/mol. The van der Waals surface area contributed by atoms with Crippen molar-refractivity contribution in [3.8, 4) is 0 Å². The standard InChI is InChI=1S/C24H29N3O4/c1-24(2,3)23(30)26-17-12-10-16(11-13-17)21(28)27-20-9-5-4-8-19(20)22(29)25-15-18-7-6-14-31-18/h4-5,8-13,18H,6-7,14-15H2,1-3H3,(H,25,29)(H,26,30)(H,27,28). The lowest BCUT2D eigenvalue weighted by atomic mass is 9.95. The molecule has 1 aliphatic heterocycles. The smallest absolute Gasteiger partial charge is 0.255 e. The molecule has 1 heterocycles. The zero-order valence-electron chi connectivity index (χ0n) is 18.2.